The van der Waals surface area contributed by atoms with Gasteiger partial charge in [-0.25, -0.2) is 18.1 Å². The van der Waals surface area contributed by atoms with Gasteiger partial charge in [0.05, 0.1) is 6.33 Å². The fourth-order valence-corrected chi connectivity index (χ4v) is 3.74. The SMILES string of the molecule is Cn1cnc(S(=O)(=O)NC[C@@]2(O)CCc3ccccc32)c1. The summed E-state index contributed by atoms with van der Waals surface area (Å²) in [6, 6.07) is 7.57. The van der Waals surface area contributed by atoms with Crippen LogP contribution in [0, 0.1) is 0 Å². The first-order valence-electron chi connectivity index (χ1n) is 6.69. The summed E-state index contributed by atoms with van der Waals surface area (Å²) in [6.07, 6.45) is 4.11. The van der Waals surface area contributed by atoms with Crippen LogP contribution in [0.25, 0.3) is 0 Å². The first kappa shape index (κ1) is 14.2. The zero-order valence-corrected chi connectivity index (χ0v) is 12.5. The van der Waals surface area contributed by atoms with E-state index >= 15 is 0 Å². The van der Waals surface area contributed by atoms with E-state index in [-0.39, 0.29) is 11.6 Å². The molecule has 0 bridgehead atoms. The van der Waals surface area contributed by atoms with E-state index in [0.29, 0.717) is 6.42 Å². The van der Waals surface area contributed by atoms with E-state index in [2.05, 4.69) is 9.71 Å². The number of nitrogens with one attached hydrogen (secondary N) is 1. The predicted octanol–water partition coefficient (Wildman–Crippen LogP) is 0.532. The number of aromatic nitrogens is 2. The highest BCUT2D eigenvalue weighted by molar-refractivity contribution is 7.89. The Morgan fingerprint density at radius 2 is 2.19 bits per heavy atom. The molecule has 0 unspecified atom stereocenters. The summed E-state index contributed by atoms with van der Waals surface area (Å²) in [7, 11) is -2.01. The van der Waals surface area contributed by atoms with Gasteiger partial charge in [-0.1, -0.05) is 24.3 Å². The van der Waals surface area contributed by atoms with Crippen LogP contribution in [0.5, 0.6) is 0 Å². The second-order valence-electron chi connectivity index (χ2n) is 5.39. The van der Waals surface area contributed by atoms with Crippen molar-refractivity contribution in [1.29, 1.82) is 0 Å². The zero-order valence-electron chi connectivity index (χ0n) is 11.7. The highest BCUT2D eigenvalue weighted by Gasteiger charge is 2.37. The molecule has 21 heavy (non-hydrogen) atoms. The number of imidazole rings is 1. The normalized spacial score (nSPS) is 21.4. The van der Waals surface area contributed by atoms with Crippen LogP contribution in [0.1, 0.15) is 17.5 Å². The average molecular weight is 307 g/mol. The highest BCUT2D eigenvalue weighted by atomic mass is 32.2. The monoisotopic (exact) mass is 307 g/mol. The third-order valence-electron chi connectivity index (χ3n) is 3.84. The fraction of sp³-hybridized carbons (Fsp3) is 0.357. The van der Waals surface area contributed by atoms with Crippen molar-refractivity contribution in [2.24, 2.45) is 7.05 Å². The number of aliphatic hydroxyl groups is 1. The third-order valence-corrected chi connectivity index (χ3v) is 5.12. The van der Waals surface area contributed by atoms with Gasteiger partial charge in [-0.3, -0.25) is 0 Å². The quantitative estimate of drug-likeness (QED) is 0.863. The molecule has 3 rings (SSSR count). The first-order chi connectivity index (χ1) is 9.91. The largest absolute Gasteiger partial charge is 0.384 e. The van der Waals surface area contributed by atoms with E-state index in [1.165, 1.54) is 12.5 Å². The van der Waals surface area contributed by atoms with Crippen molar-refractivity contribution in [3.63, 3.8) is 0 Å². The standard InChI is InChI=1S/C14H17N3O3S/c1-17-8-13(15-10-17)21(19,20)16-9-14(18)7-6-11-4-2-3-5-12(11)14/h2-5,8,10,16,18H,6-7,9H2,1H3/t14-/m0/s1. The molecule has 7 heteroatoms. The molecule has 1 aromatic carbocycles. The van der Waals surface area contributed by atoms with Gasteiger partial charge in [0.1, 0.15) is 5.60 Å². The molecule has 0 saturated carbocycles. The lowest BCUT2D eigenvalue weighted by Crippen LogP contribution is -2.39. The predicted molar refractivity (Wildman–Crippen MR) is 77.1 cm³/mol. The average Bonchev–Trinajstić information content (AvgIpc) is 3.04. The molecular weight excluding hydrogens is 290 g/mol. The second-order valence-corrected chi connectivity index (χ2v) is 7.10. The van der Waals surface area contributed by atoms with Gasteiger partial charge in [0.25, 0.3) is 10.0 Å². The summed E-state index contributed by atoms with van der Waals surface area (Å²) in [5.41, 5.74) is 0.712. The molecule has 2 N–H and O–H groups in total. The lowest BCUT2D eigenvalue weighted by Gasteiger charge is -2.24. The lowest BCUT2D eigenvalue weighted by molar-refractivity contribution is 0.0442. The number of nitrogens with zero attached hydrogens (tertiary/aromatic N) is 2. The Morgan fingerprint density at radius 3 is 2.90 bits per heavy atom. The zero-order chi connectivity index (χ0) is 15.1. The number of fused-ring (bicyclic) bond motifs is 1. The van der Waals surface area contributed by atoms with Crippen molar-refractivity contribution >= 4 is 10.0 Å². The maximum Gasteiger partial charge on any atom is 0.259 e. The lowest BCUT2D eigenvalue weighted by atomic mass is 9.96. The van der Waals surface area contributed by atoms with Crippen molar-refractivity contribution in [2.45, 2.75) is 23.5 Å². The molecule has 0 spiro atoms. The van der Waals surface area contributed by atoms with Gasteiger partial charge in [-0.2, -0.15) is 0 Å². The van der Waals surface area contributed by atoms with Crippen LogP contribution in [0.3, 0.4) is 0 Å². The van der Waals surface area contributed by atoms with Crippen molar-refractivity contribution in [3.8, 4) is 0 Å². The minimum Gasteiger partial charge on any atom is -0.384 e. The van der Waals surface area contributed by atoms with Gasteiger partial charge in [-0.05, 0) is 24.0 Å². The van der Waals surface area contributed by atoms with E-state index in [1.807, 2.05) is 24.3 Å². The summed E-state index contributed by atoms with van der Waals surface area (Å²) >= 11 is 0. The van der Waals surface area contributed by atoms with Gasteiger partial charge in [0.15, 0.2) is 5.03 Å². The summed E-state index contributed by atoms with van der Waals surface area (Å²) in [6.45, 7) is -0.0527. The number of aryl methyl sites for hydroxylation is 2. The van der Waals surface area contributed by atoms with Crippen LogP contribution in [0.4, 0.5) is 0 Å². The Labute approximate surface area is 123 Å². The molecule has 0 radical (unpaired) electrons. The molecule has 1 atom stereocenters. The molecule has 1 heterocycles. The Hall–Kier alpha value is -1.70. The number of sulfonamides is 1. The summed E-state index contributed by atoms with van der Waals surface area (Å²) in [5.74, 6) is 0. The van der Waals surface area contributed by atoms with Gasteiger partial charge in [-0.15, -0.1) is 0 Å². The van der Waals surface area contributed by atoms with Crippen molar-refractivity contribution in [1.82, 2.24) is 14.3 Å². The van der Waals surface area contributed by atoms with Gasteiger partial charge < -0.3 is 9.67 Å². The molecule has 6 nitrogen and oxygen atoms in total. The molecule has 1 aliphatic carbocycles. The van der Waals surface area contributed by atoms with Crippen LogP contribution in [-0.4, -0.2) is 29.6 Å². The highest BCUT2D eigenvalue weighted by Crippen LogP contribution is 2.36. The van der Waals surface area contributed by atoms with E-state index in [9.17, 15) is 13.5 Å². The van der Waals surface area contributed by atoms with E-state index in [1.54, 1.807) is 11.6 Å². The van der Waals surface area contributed by atoms with Crippen molar-refractivity contribution < 1.29 is 13.5 Å². The van der Waals surface area contributed by atoms with Gasteiger partial charge in [0.2, 0.25) is 0 Å². The maximum atomic E-state index is 12.2. The molecular formula is C14H17N3O3S. The van der Waals surface area contributed by atoms with E-state index < -0.39 is 15.6 Å². The van der Waals surface area contributed by atoms with Crippen LogP contribution in [0.2, 0.25) is 0 Å². The van der Waals surface area contributed by atoms with Crippen LogP contribution >= 0.6 is 0 Å². The Morgan fingerprint density at radius 1 is 1.43 bits per heavy atom. The van der Waals surface area contributed by atoms with Crippen molar-refractivity contribution in [3.05, 3.63) is 47.9 Å². The molecule has 112 valence electrons. The maximum absolute atomic E-state index is 12.2. The van der Waals surface area contributed by atoms with Gasteiger partial charge >= 0.3 is 0 Å². The van der Waals surface area contributed by atoms with Crippen LogP contribution in [-0.2, 0) is 29.1 Å². The number of benzene rings is 1. The third kappa shape index (κ3) is 2.59. The van der Waals surface area contributed by atoms with Gasteiger partial charge in [0, 0.05) is 19.8 Å². The minimum atomic E-state index is -3.71. The number of hydrogen-bond acceptors (Lipinski definition) is 4. The smallest absolute Gasteiger partial charge is 0.259 e. The summed E-state index contributed by atoms with van der Waals surface area (Å²) in [4.78, 5) is 3.83. The molecule has 0 saturated heterocycles. The summed E-state index contributed by atoms with van der Waals surface area (Å²) in [5, 5.41) is 10.7. The molecule has 0 aliphatic heterocycles. The molecule has 2 aromatic rings. The summed E-state index contributed by atoms with van der Waals surface area (Å²) < 4.78 is 28.3. The fourth-order valence-electron chi connectivity index (χ4n) is 2.67. The Kier molecular flexibility index (Phi) is 3.35. The van der Waals surface area contributed by atoms with Crippen LogP contribution < -0.4 is 4.72 Å². The number of hydrogen-bond donors (Lipinski definition) is 2. The minimum absolute atomic E-state index is 0.0418. The first-order valence-corrected chi connectivity index (χ1v) is 8.17. The molecule has 0 amide bonds. The Bertz CT molecular complexity index is 769. The van der Waals surface area contributed by atoms with E-state index in [4.69, 9.17) is 0 Å². The molecule has 1 aromatic heterocycles. The second kappa shape index (κ2) is 4.94. The Balaban J connectivity index is 1.79. The molecule has 1 aliphatic rings. The molecule has 0 fully saturated rings. The van der Waals surface area contributed by atoms with Crippen LogP contribution in [0.15, 0.2) is 41.8 Å². The van der Waals surface area contributed by atoms with Crippen molar-refractivity contribution in [2.75, 3.05) is 6.54 Å². The van der Waals surface area contributed by atoms with E-state index in [0.717, 1.165) is 17.5 Å². The topological polar surface area (TPSA) is 84.2 Å². The number of rotatable bonds is 4.